The van der Waals surface area contributed by atoms with E-state index in [2.05, 4.69) is 35.3 Å². The molecule has 3 atom stereocenters. The van der Waals surface area contributed by atoms with Gasteiger partial charge in [-0.3, -0.25) is 0 Å². The van der Waals surface area contributed by atoms with Crippen LogP contribution in [-0.2, 0) is 4.74 Å². The quantitative estimate of drug-likeness (QED) is 0.428. The standard InChI is InChI=1S/C31H30N2O3/c1-35-28-17-24(32-31(33-28)22-12-6-7-13-25(22)34)23-16-27-30(21-11-5-4-10-20(21)23)29-19-9-3-2-8-18(19)14-15-26(29)36-27/h4-7,10-13,16,26,28-29,34H,2-3,8-9,14-15,17H2,1H3. The number of phenols is 1. The van der Waals surface area contributed by atoms with Crippen LogP contribution >= 0.6 is 0 Å². The number of methoxy groups -OCH3 is 1. The van der Waals surface area contributed by atoms with E-state index in [9.17, 15) is 5.11 Å². The molecule has 1 N–H and O–H groups in total. The van der Waals surface area contributed by atoms with Gasteiger partial charge in [-0.1, -0.05) is 47.5 Å². The van der Waals surface area contributed by atoms with Crippen LogP contribution in [0.3, 0.4) is 0 Å². The van der Waals surface area contributed by atoms with Gasteiger partial charge in [0.1, 0.15) is 17.6 Å². The second kappa shape index (κ2) is 8.59. The average molecular weight is 479 g/mol. The van der Waals surface area contributed by atoms with E-state index in [1.807, 2.05) is 12.1 Å². The first-order chi connectivity index (χ1) is 17.7. The summed E-state index contributed by atoms with van der Waals surface area (Å²) >= 11 is 0. The van der Waals surface area contributed by atoms with Crippen LogP contribution in [0.25, 0.3) is 10.8 Å². The van der Waals surface area contributed by atoms with Gasteiger partial charge >= 0.3 is 0 Å². The number of hydrogen-bond acceptors (Lipinski definition) is 5. The highest BCUT2D eigenvalue weighted by Gasteiger charge is 2.42. The zero-order valence-electron chi connectivity index (χ0n) is 20.5. The number of hydrogen-bond donors (Lipinski definition) is 1. The normalized spacial score (nSPS) is 25.0. The van der Waals surface area contributed by atoms with Crippen molar-refractivity contribution < 1.29 is 14.6 Å². The SMILES string of the molecule is COC1CC(c2cc3c(c4ccccc24)C2C4=C(CCCC4)CCC2O3)=NC(c2ccccc2O)=N1. The van der Waals surface area contributed by atoms with Crippen molar-refractivity contribution in [3.05, 3.63) is 82.4 Å². The van der Waals surface area contributed by atoms with Crippen LogP contribution in [0.2, 0.25) is 0 Å². The third-order valence-electron chi connectivity index (χ3n) is 8.35. The van der Waals surface area contributed by atoms with Crippen molar-refractivity contribution in [1.29, 1.82) is 0 Å². The number of para-hydroxylation sites is 1. The number of phenolic OH excluding ortho intramolecular Hbond substituents is 1. The van der Waals surface area contributed by atoms with Crippen LogP contribution in [-0.4, -0.2) is 36.1 Å². The molecule has 0 radical (unpaired) electrons. The molecule has 2 aliphatic carbocycles. The van der Waals surface area contributed by atoms with E-state index < -0.39 is 0 Å². The van der Waals surface area contributed by atoms with Gasteiger partial charge < -0.3 is 14.6 Å². The first-order valence-electron chi connectivity index (χ1n) is 13.1. The highest BCUT2D eigenvalue weighted by Crippen LogP contribution is 2.54. The maximum Gasteiger partial charge on any atom is 0.161 e. The van der Waals surface area contributed by atoms with Crippen molar-refractivity contribution in [2.75, 3.05) is 7.11 Å². The van der Waals surface area contributed by atoms with Crippen molar-refractivity contribution in [2.24, 2.45) is 9.98 Å². The van der Waals surface area contributed by atoms with Crippen LogP contribution in [0.15, 0.2) is 75.7 Å². The third kappa shape index (κ3) is 3.40. The van der Waals surface area contributed by atoms with Crippen LogP contribution < -0.4 is 4.74 Å². The van der Waals surface area contributed by atoms with Gasteiger partial charge in [-0.25, -0.2) is 9.98 Å². The highest BCUT2D eigenvalue weighted by atomic mass is 16.5. The summed E-state index contributed by atoms with van der Waals surface area (Å²) in [5.41, 5.74) is 7.28. The molecular weight excluding hydrogens is 448 g/mol. The van der Waals surface area contributed by atoms with Gasteiger partial charge in [-0.15, -0.1) is 0 Å². The molecule has 2 heterocycles. The Morgan fingerprint density at radius 3 is 2.61 bits per heavy atom. The lowest BCUT2D eigenvalue weighted by Gasteiger charge is -2.33. The van der Waals surface area contributed by atoms with Gasteiger partial charge in [-0.2, -0.15) is 0 Å². The molecule has 36 heavy (non-hydrogen) atoms. The zero-order chi connectivity index (χ0) is 24.2. The average Bonchev–Trinajstić information content (AvgIpc) is 3.32. The Morgan fingerprint density at radius 1 is 0.944 bits per heavy atom. The predicted molar refractivity (Wildman–Crippen MR) is 142 cm³/mol. The second-order valence-corrected chi connectivity index (χ2v) is 10.3. The number of fused-ring (bicyclic) bond motifs is 6. The van der Waals surface area contributed by atoms with Gasteiger partial charge in [-0.05, 0) is 67.5 Å². The Hall–Kier alpha value is -3.44. The summed E-state index contributed by atoms with van der Waals surface area (Å²) in [6.45, 7) is 0. The fourth-order valence-corrected chi connectivity index (χ4v) is 6.69. The number of ether oxygens (including phenoxy) is 2. The molecule has 0 amide bonds. The molecule has 3 aromatic carbocycles. The summed E-state index contributed by atoms with van der Waals surface area (Å²) in [6, 6.07) is 18.1. The fraction of sp³-hybridized carbons (Fsp3) is 0.355. The number of rotatable bonds is 3. The summed E-state index contributed by atoms with van der Waals surface area (Å²) in [5, 5.41) is 12.9. The minimum absolute atomic E-state index is 0.166. The van der Waals surface area contributed by atoms with Crippen molar-refractivity contribution in [3.63, 3.8) is 0 Å². The number of amidine groups is 1. The maximum atomic E-state index is 10.5. The van der Waals surface area contributed by atoms with Gasteiger partial charge in [0.2, 0.25) is 0 Å². The lowest BCUT2D eigenvalue weighted by Crippen LogP contribution is -2.26. The summed E-state index contributed by atoms with van der Waals surface area (Å²) < 4.78 is 12.4. The molecule has 7 rings (SSSR count). The van der Waals surface area contributed by atoms with Gasteiger partial charge in [0.25, 0.3) is 0 Å². The van der Waals surface area contributed by atoms with Crippen molar-refractivity contribution >= 4 is 22.3 Å². The number of aliphatic imine (C=N–C) groups is 2. The predicted octanol–water partition coefficient (Wildman–Crippen LogP) is 6.67. The smallest absolute Gasteiger partial charge is 0.161 e. The summed E-state index contributed by atoms with van der Waals surface area (Å²) in [4.78, 5) is 9.65. The van der Waals surface area contributed by atoms with Gasteiger partial charge in [0.15, 0.2) is 12.1 Å². The molecule has 3 unspecified atom stereocenters. The van der Waals surface area contributed by atoms with Crippen LogP contribution in [0.1, 0.15) is 67.6 Å². The Morgan fingerprint density at radius 2 is 1.75 bits per heavy atom. The molecule has 2 aliphatic heterocycles. The third-order valence-corrected chi connectivity index (χ3v) is 8.35. The first-order valence-corrected chi connectivity index (χ1v) is 13.1. The van der Waals surface area contributed by atoms with E-state index >= 15 is 0 Å². The molecule has 0 aromatic heterocycles. The summed E-state index contributed by atoms with van der Waals surface area (Å²) in [6.07, 6.45) is 7.79. The maximum absolute atomic E-state index is 10.5. The lowest BCUT2D eigenvalue weighted by atomic mass is 9.71. The molecule has 5 nitrogen and oxygen atoms in total. The topological polar surface area (TPSA) is 63.4 Å². The van der Waals surface area contributed by atoms with E-state index in [1.54, 1.807) is 30.4 Å². The van der Waals surface area contributed by atoms with Gasteiger partial charge in [0.05, 0.1) is 11.3 Å². The zero-order valence-corrected chi connectivity index (χ0v) is 20.5. The van der Waals surface area contributed by atoms with Crippen LogP contribution in [0.5, 0.6) is 11.5 Å². The minimum Gasteiger partial charge on any atom is -0.507 e. The molecule has 0 saturated heterocycles. The number of aromatic hydroxyl groups is 1. The van der Waals surface area contributed by atoms with E-state index in [0.29, 0.717) is 23.7 Å². The van der Waals surface area contributed by atoms with E-state index in [-0.39, 0.29) is 18.1 Å². The first kappa shape index (κ1) is 21.8. The van der Waals surface area contributed by atoms with Crippen molar-refractivity contribution in [1.82, 2.24) is 0 Å². The monoisotopic (exact) mass is 478 g/mol. The molecule has 4 aliphatic rings. The molecule has 0 bridgehead atoms. The van der Waals surface area contributed by atoms with Gasteiger partial charge in [0, 0.05) is 30.6 Å². The van der Waals surface area contributed by atoms with Crippen LogP contribution in [0, 0.1) is 0 Å². The molecule has 0 saturated carbocycles. The Balaban J connectivity index is 1.40. The highest BCUT2D eigenvalue weighted by molar-refractivity contribution is 6.19. The summed E-state index contributed by atoms with van der Waals surface area (Å²) in [7, 11) is 1.67. The van der Waals surface area contributed by atoms with E-state index in [1.165, 1.54) is 48.4 Å². The molecule has 182 valence electrons. The summed E-state index contributed by atoms with van der Waals surface area (Å²) in [5.74, 6) is 2.04. The second-order valence-electron chi connectivity index (χ2n) is 10.3. The van der Waals surface area contributed by atoms with Crippen LogP contribution in [0.4, 0.5) is 0 Å². The Labute approximate surface area is 211 Å². The molecule has 5 heteroatoms. The number of nitrogens with zero attached hydrogens (tertiary/aromatic N) is 2. The molecule has 0 spiro atoms. The van der Waals surface area contributed by atoms with Crippen molar-refractivity contribution in [3.8, 4) is 11.5 Å². The molecular formula is C31H30N2O3. The lowest BCUT2D eigenvalue weighted by molar-refractivity contribution is 0.115. The van der Waals surface area contributed by atoms with Crippen molar-refractivity contribution in [2.45, 2.75) is 63.2 Å². The number of allylic oxidation sites excluding steroid dienone is 1. The molecule has 3 aromatic rings. The fourth-order valence-electron chi connectivity index (χ4n) is 6.69. The van der Waals surface area contributed by atoms with E-state index in [0.717, 1.165) is 23.4 Å². The van der Waals surface area contributed by atoms with E-state index in [4.69, 9.17) is 14.5 Å². The minimum atomic E-state index is -0.363. The Kier molecular flexibility index (Phi) is 5.21. The molecule has 0 fully saturated rings. The largest absolute Gasteiger partial charge is 0.507 e. The number of benzene rings is 3. The Bertz CT molecular complexity index is 1470.